The molecule has 0 unspecified atom stereocenters. The first kappa shape index (κ1) is 31.7. The SMILES string of the molecule is CC(C)(C)c1ccc(/C=N\N=C2\S/C(=C\c3cc(Cl)ccc3OCC(=O)Nc3ccc(F)cc3)C(=O)N2Cc2ccco2)cc1. The minimum absolute atomic E-state index is 0.0378. The van der Waals surface area contributed by atoms with Gasteiger partial charge in [-0.3, -0.25) is 14.5 Å². The van der Waals surface area contributed by atoms with E-state index >= 15 is 0 Å². The van der Waals surface area contributed by atoms with Crippen molar-refractivity contribution in [1.82, 2.24) is 4.90 Å². The van der Waals surface area contributed by atoms with E-state index in [0.717, 1.165) is 17.3 Å². The Kier molecular flexibility index (Phi) is 9.85. The molecule has 0 radical (unpaired) electrons. The summed E-state index contributed by atoms with van der Waals surface area (Å²) < 4.78 is 24.5. The molecule has 0 aliphatic carbocycles. The van der Waals surface area contributed by atoms with Gasteiger partial charge in [-0.05, 0) is 89.0 Å². The predicted molar refractivity (Wildman–Crippen MR) is 177 cm³/mol. The van der Waals surface area contributed by atoms with Gasteiger partial charge in [0, 0.05) is 16.3 Å². The van der Waals surface area contributed by atoms with Crippen LogP contribution in [0.15, 0.2) is 105 Å². The lowest BCUT2D eigenvalue weighted by Gasteiger charge is -2.18. The number of nitrogens with zero attached hydrogens (tertiary/aromatic N) is 3. The summed E-state index contributed by atoms with van der Waals surface area (Å²) in [6.07, 6.45) is 4.81. The molecule has 2 heterocycles. The number of furan rings is 1. The molecule has 11 heteroatoms. The van der Waals surface area contributed by atoms with Gasteiger partial charge in [0.25, 0.3) is 11.8 Å². The topological polar surface area (TPSA) is 96.5 Å². The number of carbonyl (C=O) groups is 2. The van der Waals surface area contributed by atoms with Crippen molar-refractivity contribution in [2.45, 2.75) is 32.7 Å². The van der Waals surface area contributed by atoms with Crippen LogP contribution in [0.4, 0.5) is 10.1 Å². The van der Waals surface area contributed by atoms with E-state index in [-0.39, 0.29) is 24.5 Å². The van der Waals surface area contributed by atoms with Gasteiger partial charge in [0.05, 0.1) is 23.9 Å². The highest BCUT2D eigenvalue weighted by molar-refractivity contribution is 8.18. The van der Waals surface area contributed by atoms with E-state index < -0.39 is 11.7 Å². The normalized spacial score (nSPS) is 15.4. The molecule has 8 nitrogen and oxygen atoms in total. The lowest BCUT2D eigenvalue weighted by Crippen LogP contribution is -2.28. The van der Waals surface area contributed by atoms with Gasteiger partial charge in [-0.1, -0.05) is 56.6 Å². The lowest BCUT2D eigenvalue weighted by molar-refractivity contribution is -0.122. The number of amides is 2. The Morgan fingerprint density at radius 1 is 1.09 bits per heavy atom. The van der Waals surface area contributed by atoms with E-state index in [1.807, 2.05) is 12.1 Å². The van der Waals surface area contributed by atoms with Crippen molar-refractivity contribution in [3.05, 3.63) is 123 Å². The van der Waals surface area contributed by atoms with Crippen LogP contribution < -0.4 is 10.1 Å². The van der Waals surface area contributed by atoms with Crippen LogP contribution >= 0.6 is 23.4 Å². The van der Waals surface area contributed by atoms with Crippen LogP contribution in [-0.2, 0) is 21.5 Å². The zero-order valence-electron chi connectivity index (χ0n) is 24.8. The van der Waals surface area contributed by atoms with Gasteiger partial charge < -0.3 is 14.5 Å². The first-order chi connectivity index (χ1) is 21.5. The molecule has 1 saturated heterocycles. The van der Waals surface area contributed by atoms with Crippen molar-refractivity contribution in [3.8, 4) is 5.75 Å². The number of anilines is 1. The predicted octanol–water partition coefficient (Wildman–Crippen LogP) is 7.89. The average molecular weight is 645 g/mol. The molecule has 0 bridgehead atoms. The van der Waals surface area contributed by atoms with E-state index in [4.69, 9.17) is 20.8 Å². The molecule has 1 aliphatic rings. The number of ether oxygens (including phenoxy) is 1. The molecule has 4 aromatic rings. The van der Waals surface area contributed by atoms with Gasteiger partial charge in [0.15, 0.2) is 11.8 Å². The van der Waals surface area contributed by atoms with Crippen LogP contribution in [0, 0.1) is 5.82 Å². The standard InChI is InChI=1S/C34H30ClFN4O4S/c1-34(2,3)24-8-6-22(7-9-24)19-37-39-33-40(20-28-5-4-16-43-28)32(42)30(45-33)18-23-17-25(35)10-15-29(23)44-21-31(41)38-27-13-11-26(36)12-14-27/h4-19H,20-21H2,1-3H3,(H,38,41)/b30-18-,37-19-,39-33+. The molecule has 1 aliphatic heterocycles. The summed E-state index contributed by atoms with van der Waals surface area (Å²) in [5.74, 6) is -0.227. The summed E-state index contributed by atoms with van der Waals surface area (Å²) in [6, 6.07) is 21.9. The van der Waals surface area contributed by atoms with Gasteiger partial charge in [0.1, 0.15) is 17.3 Å². The fourth-order valence-electron chi connectivity index (χ4n) is 4.27. The molecule has 230 valence electrons. The number of hydrogen-bond donors (Lipinski definition) is 1. The molecule has 0 spiro atoms. The van der Waals surface area contributed by atoms with Crippen LogP contribution in [-0.4, -0.2) is 34.7 Å². The quantitative estimate of drug-likeness (QED) is 0.114. The molecule has 1 fully saturated rings. The summed E-state index contributed by atoms with van der Waals surface area (Å²) in [6.45, 7) is 6.30. The molecule has 1 aromatic heterocycles. The van der Waals surface area contributed by atoms with E-state index in [1.54, 1.807) is 42.6 Å². The summed E-state index contributed by atoms with van der Waals surface area (Å²) >= 11 is 7.43. The smallest absolute Gasteiger partial charge is 0.267 e. The monoisotopic (exact) mass is 644 g/mol. The minimum atomic E-state index is -0.438. The maximum Gasteiger partial charge on any atom is 0.267 e. The third-order valence-electron chi connectivity index (χ3n) is 6.65. The second-order valence-electron chi connectivity index (χ2n) is 11.1. The Morgan fingerprint density at radius 2 is 1.84 bits per heavy atom. The molecule has 45 heavy (non-hydrogen) atoms. The zero-order valence-corrected chi connectivity index (χ0v) is 26.4. The Labute approximate surface area is 269 Å². The summed E-state index contributed by atoms with van der Waals surface area (Å²) in [4.78, 5) is 27.9. The maximum absolute atomic E-state index is 13.6. The van der Waals surface area contributed by atoms with Gasteiger partial charge in [-0.15, -0.1) is 5.10 Å². The number of halogens is 2. The molecule has 3 aromatic carbocycles. The molecule has 5 rings (SSSR count). The van der Waals surface area contributed by atoms with Crippen molar-refractivity contribution in [2.75, 3.05) is 11.9 Å². The Morgan fingerprint density at radius 3 is 2.53 bits per heavy atom. The minimum Gasteiger partial charge on any atom is -0.483 e. The second kappa shape index (κ2) is 14.0. The largest absolute Gasteiger partial charge is 0.483 e. The number of thioether (sulfide) groups is 1. The van der Waals surface area contributed by atoms with Crippen LogP contribution in [0.2, 0.25) is 5.02 Å². The highest BCUT2D eigenvalue weighted by Crippen LogP contribution is 2.36. The molecule has 0 atom stereocenters. The fraction of sp³-hybridized carbons (Fsp3) is 0.176. The number of amidine groups is 1. The van der Waals surface area contributed by atoms with Crippen LogP contribution in [0.5, 0.6) is 5.75 Å². The van der Waals surface area contributed by atoms with Gasteiger partial charge in [-0.2, -0.15) is 5.10 Å². The second-order valence-corrected chi connectivity index (χ2v) is 12.6. The Balaban J connectivity index is 1.36. The van der Waals surface area contributed by atoms with Crippen molar-refractivity contribution in [3.63, 3.8) is 0 Å². The third kappa shape index (κ3) is 8.49. The van der Waals surface area contributed by atoms with E-state index in [1.165, 1.54) is 41.0 Å². The van der Waals surface area contributed by atoms with Crippen LogP contribution in [0.1, 0.15) is 43.2 Å². The Bertz CT molecular complexity index is 1760. The molecule has 2 amide bonds. The van der Waals surface area contributed by atoms with Gasteiger partial charge in [0.2, 0.25) is 0 Å². The summed E-state index contributed by atoms with van der Waals surface area (Å²) in [7, 11) is 0. The van der Waals surface area contributed by atoms with Crippen molar-refractivity contribution < 1.29 is 23.1 Å². The van der Waals surface area contributed by atoms with Crippen molar-refractivity contribution in [2.24, 2.45) is 10.2 Å². The van der Waals surface area contributed by atoms with Crippen molar-refractivity contribution in [1.29, 1.82) is 0 Å². The molecular formula is C34H30ClFN4O4S. The highest BCUT2D eigenvalue weighted by Gasteiger charge is 2.34. The van der Waals surface area contributed by atoms with Crippen molar-refractivity contribution >= 4 is 58.3 Å². The van der Waals surface area contributed by atoms with Crippen LogP contribution in [0.3, 0.4) is 0 Å². The Hall–Kier alpha value is -4.67. The number of hydrogen-bond acceptors (Lipinski definition) is 7. The lowest BCUT2D eigenvalue weighted by atomic mass is 9.87. The number of benzene rings is 3. The van der Waals surface area contributed by atoms with E-state index in [2.05, 4.69) is 48.4 Å². The summed E-state index contributed by atoms with van der Waals surface area (Å²) in [5.41, 5.74) is 3.05. The fourth-order valence-corrected chi connectivity index (χ4v) is 5.38. The first-order valence-electron chi connectivity index (χ1n) is 14.0. The average Bonchev–Trinajstić information content (AvgIpc) is 3.62. The maximum atomic E-state index is 13.6. The van der Waals surface area contributed by atoms with E-state index in [0.29, 0.717) is 37.9 Å². The number of nitrogens with one attached hydrogen (secondary N) is 1. The number of carbonyl (C=O) groups excluding carboxylic acids is 2. The molecular weight excluding hydrogens is 615 g/mol. The first-order valence-corrected chi connectivity index (χ1v) is 15.2. The zero-order chi connectivity index (χ0) is 32.0. The highest BCUT2D eigenvalue weighted by atomic mass is 35.5. The van der Waals surface area contributed by atoms with E-state index in [9.17, 15) is 14.0 Å². The van der Waals surface area contributed by atoms with Crippen LogP contribution in [0.25, 0.3) is 6.08 Å². The number of rotatable bonds is 9. The summed E-state index contributed by atoms with van der Waals surface area (Å²) in [5, 5.41) is 12.1. The molecule has 1 N–H and O–H groups in total. The third-order valence-corrected chi connectivity index (χ3v) is 7.89. The molecule has 0 saturated carbocycles. The van der Waals surface area contributed by atoms with Gasteiger partial charge in [-0.25, -0.2) is 4.39 Å². The van der Waals surface area contributed by atoms with Gasteiger partial charge >= 0.3 is 0 Å².